The van der Waals surface area contributed by atoms with Gasteiger partial charge in [-0.05, 0) is 0 Å². The average Bonchev–Trinajstić information content (AvgIpc) is 2.57. The molecule has 1 aromatic rings. The van der Waals surface area contributed by atoms with Gasteiger partial charge in [-0.15, -0.1) is 0 Å². The predicted octanol–water partition coefficient (Wildman–Crippen LogP) is -0.323. The van der Waals surface area contributed by atoms with Crippen molar-refractivity contribution in [1.82, 2.24) is 20.1 Å². The first kappa shape index (κ1) is 9.19. The highest BCUT2D eigenvalue weighted by molar-refractivity contribution is 5.77. The monoisotopic (exact) mass is 179 g/mol. The van der Waals surface area contributed by atoms with Crippen molar-refractivity contribution in [1.29, 1.82) is 5.26 Å². The molecule has 1 amide bonds. The van der Waals surface area contributed by atoms with E-state index in [0.717, 1.165) is 0 Å². The van der Waals surface area contributed by atoms with Gasteiger partial charge in [-0.3, -0.25) is 9.89 Å². The van der Waals surface area contributed by atoms with Crippen molar-refractivity contribution < 1.29 is 4.79 Å². The van der Waals surface area contributed by atoms with Crippen molar-refractivity contribution in [3.8, 4) is 6.07 Å². The van der Waals surface area contributed by atoms with E-state index in [2.05, 4.69) is 15.2 Å². The molecule has 6 heteroatoms. The number of aromatic amines is 1. The van der Waals surface area contributed by atoms with Gasteiger partial charge in [0, 0.05) is 7.05 Å². The number of nitrogens with zero attached hydrogens (tertiary/aromatic N) is 4. The molecule has 0 aliphatic rings. The van der Waals surface area contributed by atoms with Crippen LogP contribution in [0, 0.1) is 11.3 Å². The Balaban J connectivity index is 2.47. The average molecular weight is 179 g/mol. The molecule has 1 heterocycles. The van der Waals surface area contributed by atoms with Gasteiger partial charge in [0.05, 0.1) is 12.6 Å². The Bertz CT molecular complexity index is 312. The molecule has 0 atom stereocenters. The van der Waals surface area contributed by atoms with E-state index in [-0.39, 0.29) is 12.3 Å². The first-order chi connectivity index (χ1) is 6.24. The van der Waals surface area contributed by atoms with Crippen molar-refractivity contribution in [2.24, 2.45) is 0 Å². The number of nitriles is 1. The summed E-state index contributed by atoms with van der Waals surface area (Å²) in [4.78, 5) is 16.4. The lowest BCUT2D eigenvalue weighted by atomic mass is 10.4. The predicted molar refractivity (Wildman–Crippen MR) is 43.1 cm³/mol. The first-order valence-electron chi connectivity index (χ1n) is 3.69. The van der Waals surface area contributed by atoms with Crippen LogP contribution in [0.2, 0.25) is 0 Å². The Morgan fingerprint density at radius 2 is 2.62 bits per heavy atom. The third kappa shape index (κ3) is 2.56. The fourth-order valence-electron chi connectivity index (χ4n) is 0.822. The van der Waals surface area contributed by atoms with E-state index in [1.165, 1.54) is 11.2 Å². The largest absolute Gasteiger partial charge is 0.337 e. The van der Waals surface area contributed by atoms with E-state index >= 15 is 0 Å². The van der Waals surface area contributed by atoms with Crippen LogP contribution in [0.25, 0.3) is 0 Å². The maximum atomic E-state index is 11.1. The van der Waals surface area contributed by atoms with Gasteiger partial charge in [0.1, 0.15) is 18.6 Å². The highest BCUT2D eigenvalue weighted by atomic mass is 16.2. The van der Waals surface area contributed by atoms with Crippen LogP contribution in [-0.4, -0.2) is 33.0 Å². The molecule has 13 heavy (non-hydrogen) atoms. The molecule has 1 N–H and O–H groups in total. The Hall–Kier alpha value is -1.90. The van der Waals surface area contributed by atoms with Crippen LogP contribution in [0.1, 0.15) is 12.2 Å². The molecule has 0 bridgehead atoms. The van der Waals surface area contributed by atoms with Gasteiger partial charge in [0.2, 0.25) is 5.91 Å². The first-order valence-corrected chi connectivity index (χ1v) is 3.69. The zero-order valence-electron chi connectivity index (χ0n) is 7.19. The summed E-state index contributed by atoms with van der Waals surface area (Å²) in [5.41, 5.74) is 0. The van der Waals surface area contributed by atoms with Crippen molar-refractivity contribution >= 4 is 5.91 Å². The van der Waals surface area contributed by atoms with E-state index in [1.54, 1.807) is 13.1 Å². The number of rotatable bonds is 3. The van der Waals surface area contributed by atoms with Gasteiger partial charge in [0.15, 0.2) is 0 Å². The summed E-state index contributed by atoms with van der Waals surface area (Å²) in [7, 11) is 1.61. The molecule has 1 aromatic heterocycles. The Kier molecular flexibility index (Phi) is 2.97. The maximum absolute atomic E-state index is 11.1. The number of amides is 1. The van der Waals surface area contributed by atoms with Crippen LogP contribution in [0.15, 0.2) is 6.33 Å². The molecule has 0 aliphatic carbocycles. The molecule has 0 saturated heterocycles. The zero-order valence-corrected chi connectivity index (χ0v) is 7.19. The SMILES string of the molecule is CN(Cc1ncn[nH]1)C(=O)CC#N. The van der Waals surface area contributed by atoms with E-state index in [1.807, 2.05) is 0 Å². The number of hydrogen-bond acceptors (Lipinski definition) is 4. The van der Waals surface area contributed by atoms with Gasteiger partial charge < -0.3 is 4.90 Å². The second-order valence-corrected chi connectivity index (χ2v) is 2.52. The van der Waals surface area contributed by atoms with Crippen LogP contribution in [-0.2, 0) is 11.3 Å². The van der Waals surface area contributed by atoms with Crippen molar-refractivity contribution in [3.05, 3.63) is 12.2 Å². The lowest BCUT2D eigenvalue weighted by molar-refractivity contribution is -0.129. The smallest absolute Gasteiger partial charge is 0.236 e. The van der Waals surface area contributed by atoms with Crippen molar-refractivity contribution in [2.75, 3.05) is 7.05 Å². The second kappa shape index (κ2) is 4.21. The molecule has 0 fully saturated rings. The fraction of sp³-hybridized carbons (Fsp3) is 0.429. The van der Waals surface area contributed by atoms with Gasteiger partial charge in [-0.1, -0.05) is 0 Å². The van der Waals surface area contributed by atoms with Crippen molar-refractivity contribution in [3.63, 3.8) is 0 Å². The number of H-pyrrole nitrogens is 1. The number of carbonyl (C=O) groups is 1. The molecule has 6 nitrogen and oxygen atoms in total. The van der Waals surface area contributed by atoms with E-state index < -0.39 is 0 Å². The van der Waals surface area contributed by atoms with Crippen molar-refractivity contribution in [2.45, 2.75) is 13.0 Å². The topological polar surface area (TPSA) is 85.7 Å². The number of aromatic nitrogens is 3. The fourth-order valence-corrected chi connectivity index (χ4v) is 0.822. The summed E-state index contributed by atoms with van der Waals surface area (Å²) in [6, 6.07) is 1.79. The highest BCUT2D eigenvalue weighted by Gasteiger charge is 2.09. The molecule has 0 saturated carbocycles. The van der Waals surface area contributed by atoms with Crippen LogP contribution in [0.3, 0.4) is 0 Å². The molecular formula is C7H9N5O. The lowest BCUT2D eigenvalue weighted by Crippen LogP contribution is -2.26. The molecule has 0 unspecified atom stereocenters. The van der Waals surface area contributed by atoms with E-state index in [4.69, 9.17) is 5.26 Å². The minimum Gasteiger partial charge on any atom is -0.337 e. The summed E-state index contributed by atoms with van der Waals surface area (Å²) in [6.07, 6.45) is 1.27. The molecular weight excluding hydrogens is 170 g/mol. The van der Waals surface area contributed by atoms with E-state index in [0.29, 0.717) is 12.4 Å². The number of carbonyl (C=O) groups excluding carboxylic acids is 1. The Labute approximate surface area is 75.2 Å². The summed E-state index contributed by atoms with van der Waals surface area (Å²) in [6.45, 7) is 0.348. The lowest BCUT2D eigenvalue weighted by Gasteiger charge is -2.12. The Morgan fingerprint density at radius 1 is 1.85 bits per heavy atom. The highest BCUT2D eigenvalue weighted by Crippen LogP contribution is 1.96. The van der Waals surface area contributed by atoms with Crippen LogP contribution >= 0.6 is 0 Å². The minimum atomic E-state index is -0.223. The molecule has 0 aromatic carbocycles. The molecule has 1 rings (SSSR count). The maximum Gasteiger partial charge on any atom is 0.236 e. The molecule has 0 spiro atoms. The Morgan fingerprint density at radius 3 is 3.15 bits per heavy atom. The van der Waals surface area contributed by atoms with Crippen LogP contribution in [0.4, 0.5) is 0 Å². The van der Waals surface area contributed by atoms with Gasteiger partial charge in [-0.25, -0.2) is 4.98 Å². The quantitative estimate of drug-likeness (QED) is 0.688. The van der Waals surface area contributed by atoms with Gasteiger partial charge in [-0.2, -0.15) is 10.4 Å². The van der Waals surface area contributed by atoms with Gasteiger partial charge >= 0.3 is 0 Å². The number of nitrogens with one attached hydrogen (secondary N) is 1. The second-order valence-electron chi connectivity index (χ2n) is 2.52. The zero-order chi connectivity index (χ0) is 9.68. The third-order valence-electron chi connectivity index (χ3n) is 1.51. The van der Waals surface area contributed by atoms with E-state index in [9.17, 15) is 4.79 Å². The summed E-state index contributed by atoms with van der Waals surface area (Å²) in [5.74, 6) is 0.382. The summed E-state index contributed by atoms with van der Waals surface area (Å²) < 4.78 is 0. The molecule has 0 radical (unpaired) electrons. The molecule has 68 valence electrons. The summed E-state index contributed by atoms with van der Waals surface area (Å²) in [5, 5.41) is 14.5. The summed E-state index contributed by atoms with van der Waals surface area (Å²) >= 11 is 0. The van der Waals surface area contributed by atoms with Crippen LogP contribution < -0.4 is 0 Å². The number of hydrogen-bond donors (Lipinski definition) is 1. The normalized spacial score (nSPS) is 9.23. The van der Waals surface area contributed by atoms with Gasteiger partial charge in [0.25, 0.3) is 0 Å². The molecule has 0 aliphatic heterocycles. The third-order valence-corrected chi connectivity index (χ3v) is 1.51. The standard InChI is InChI=1S/C7H9N5O/c1-12(7(13)2-3-8)4-6-9-5-10-11-6/h5H,2,4H2,1H3,(H,9,10,11). The van der Waals surface area contributed by atoms with Crippen LogP contribution in [0.5, 0.6) is 0 Å². The minimum absolute atomic E-state index is 0.107.